The number of hydrogen-bond acceptors (Lipinski definition) is 4. The molecule has 0 aliphatic rings. The smallest absolute Gasteiger partial charge is 0.241 e. The Bertz CT molecular complexity index is 575. The molecule has 0 atom stereocenters. The summed E-state index contributed by atoms with van der Waals surface area (Å²) < 4.78 is 10.7. The van der Waals surface area contributed by atoms with Crippen LogP contribution in [0.5, 0.6) is 11.5 Å². The van der Waals surface area contributed by atoms with Crippen molar-refractivity contribution in [1.82, 2.24) is 15.5 Å². The van der Waals surface area contributed by atoms with Crippen LogP contribution < -0.4 is 20.1 Å². The summed E-state index contributed by atoms with van der Waals surface area (Å²) in [5.74, 6) is 2.10. The first-order valence-corrected chi connectivity index (χ1v) is 8.52. The van der Waals surface area contributed by atoms with Gasteiger partial charge in [0.15, 0.2) is 5.96 Å². The largest absolute Gasteiger partial charge is 0.497 e. The maximum atomic E-state index is 11.8. The molecule has 7 heteroatoms. The minimum atomic E-state index is -0.0762. The molecule has 1 rings (SSSR count). The van der Waals surface area contributed by atoms with E-state index in [1.807, 2.05) is 44.0 Å². The van der Waals surface area contributed by atoms with Gasteiger partial charge in [0.1, 0.15) is 18.0 Å². The monoisotopic (exact) mass is 350 g/mol. The van der Waals surface area contributed by atoms with Gasteiger partial charge in [-0.15, -0.1) is 0 Å². The van der Waals surface area contributed by atoms with Crippen LogP contribution in [0, 0.1) is 0 Å². The number of carbonyl (C=O) groups is 1. The summed E-state index contributed by atoms with van der Waals surface area (Å²) >= 11 is 0. The van der Waals surface area contributed by atoms with Crippen molar-refractivity contribution in [1.29, 1.82) is 0 Å². The second-order valence-electron chi connectivity index (χ2n) is 5.55. The third kappa shape index (κ3) is 6.91. The Morgan fingerprint density at radius 3 is 2.56 bits per heavy atom. The van der Waals surface area contributed by atoms with E-state index in [0.717, 1.165) is 30.0 Å². The number of benzene rings is 1. The maximum Gasteiger partial charge on any atom is 0.241 e. The van der Waals surface area contributed by atoms with Gasteiger partial charge in [-0.2, -0.15) is 0 Å². The fraction of sp³-hybridized carbons (Fsp3) is 0.556. The lowest BCUT2D eigenvalue weighted by Crippen LogP contribution is -2.39. The molecule has 0 aliphatic carbocycles. The first kappa shape index (κ1) is 20.6. The summed E-state index contributed by atoms with van der Waals surface area (Å²) in [4.78, 5) is 18.1. The molecule has 0 spiro atoms. The van der Waals surface area contributed by atoms with Crippen molar-refractivity contribution in [2.24, 2.45) is 4.99 Å². The van der Waals surface area contributed by atoms with Gasteiger partial charge in [-0.3, -0.25) is 4.79 Å². The predicted molar refractivity (Wildman–Crippen MR) is 100 cm³/mol. The number of ether oxygens (including phenoxy) is 2. The van der Waals surface area contributed by atoms with Crippen molar-refractivity contribution in [3.63, 3.8) is 0 Å². The molecule has 0 radical (unpaired) electrons. The molecule has 0 saturated heterocycles. The highest BCUT2D eigenvalue weighted by molar-refractivity contribution is 5.84. The van der Waals surface area contributed by atoms with Gasteiger partial charge in [0.25, 0.3) is 0 Å². The fourth-order valence-electron chi connectivity index (χ4n) is 2.25. The van der Waals surface area contributed by atoms with Crippen LogP contribution in [0.3, 0.4) is 0 Å². The Balaban J connectivity index is 2.82. The number of aliphatic imine (C=N–C) groups is 1. The molecule has 7 nitrogen and oxygen atoms in total. The van der Waals surface area contributed by atoms with Gasteiger partial charge in [0.05, 0.1) is 14.2 Å². The number of amides is 1. The molecule has 0 aliphatic heterocycles. The number of hydrogen-bond donors (Lipinski definition) is 2. The van der Waals surface area contributed by atoms with Crippen LogP contribution in [-0.4, -0.2) is 57.7 Å². The third-order valence-electron chi connectivity index (χ3n) is 3.54. The van der Waals surface area contributed by atoms with E-state index in [1.54, 1.807) is 14.2 Å². The Morgan fingerprint density at radius 1 is 1.20 bits per heavy atom. The van der Waals surface area contributed by atoms with Crippen molar-refractivity contribution < 1.29 is 14.3 Å². The van der Waals surface area contributed by atoms with Crippen LogP contribution in [0.1, 0.15) is 25.8 Å². The molecule has 0 aromatic heterocycles. The van der Waals surface area contributed by atoms with Gasteiger partial charge >= 0.3 is 0 Å². The van der Waals surface area contributed by atoms with E-state index in [2.05, 4.69) is 15.6 Å². The standard InChI is InChI=1S/C18H30N4O3/c1-6-10-20-17(23)12-21-18(19-7-2)22(3)13-14-8-9-15(24-4)11-16(14)25-5/h8-9,11H,6-7,10,12-13H2,1-5H3,(H,19,21)(H,20,23). The average Bonchev–Trinajstić information content (AvgIpc) is 2.63. The van der Waals surface area contributed by atoms with E-state index >= 15 is 0 Å². The van der Waals surface area contributed by atoms with E-state index in [4.69, 9.17) is 9.47 Å². The molecule has 0 bridgehead atoms. The predicted octanol–water partition coefficient (Wildman–Crippen LogP) is 1.63. The number of nitrogens with zero attached hydrogens (tertiary/aromatic N) is 2. The molecule has 1 amide bonds. The van der Waals surface area contributed by atoms with Crippen molar-refractivity contribution in [3.05, 3.63) is 23.8 Å². The normalized spacial score (nSPS) is 11.0. The van der Waals surface area contributed by atoms with Gasteiger partial charge in [-0.1, -0.05) is 6.92 Å². The Kier molecular flexibility index (Phi) is 9.21. The summed E-state index contributed by atoms with van der Waals surface area (Å²) in [6.45, 7) is 6.10. The Hall–Kier alpha value is -2.44. The second-order valence-corrected chi connectivity index (χ2v) is 5.55. The summed E-state index contributed by atoms with van der Waals surface area (Å²) in [6, 6.07) is 5.71. The maximum absolute atomic E-state index is 11.8. The Morgan fingerprint density at radius 2 is 1.96 bits per heavy atom. The summed E-state index contributed by atoms with van der Waals surface area (Å²) in [5, 5.41) is 6.03. The number of guanidine groups is 1. The van der Waals surface area contributed by atoms with E-state index in [9.17, 15) is 4.79 Å². The molecule has 1 aromatic rings. The number of carbonyl (C=O) groups excluding carboxylic acids is 1. The topological polar surface area (TPSA) is 75.2 Å². The van der Waals surface area contributed by atoms with E-state index in [-0.39, 0.29) is 12.5 Å². The van der Waals surface area contributed by atoms with E-state index in [0.29, 0.717) is 19.0 Å². The van der Waals surface area contributed by atoms with E-state index < -0.39 is 0 Å². The minimum Gasteiger partial charge on any atom is -0.497 e. The molecule has 0 fully saturated rings. The first-order chi connectivity index (χ1) is 12.0. The van der Waals surface area contributed by atoms with Crippen LogP contribution in [0.4, 0.5) is 0 Å². The quantitative estimate of drug-likeness (QED) is 0.523. The lowest BCUT2D eigenvalue weighted by molar-refractivity contribution is -0.119. The lowest BCUT2D eigenvalue weighted by Gasteiger charge is -2.23. The summed E-state index contributed by atoms with van der Waals surface area (Å²) in [6.07, 6.45) is 0.909. The van der Waals surface area contributed by atoms with Crippen LogP contribution in [0.15, 0.2) is 23.2 Å². The molecule has 1 aromatic carbocycles. The lowest BCUT2D eigenvalue weighted by atomic mass is 10.2. The van der Waals surface area contributed by atoms with Gasteiger partial charge < -0.3 is 25.0 Å². The van der Waals surface area contributed by atoms with Gasteiger partial charge in [-0.25, -0.2) is 4.99 Å². The van der Waals surface area contributed by atoms with Gasteiger partial charge in [0.2, 0.25) is 5.91 Å². The van der Waals surface area contributed by atoms with E-state index in [1.165, 1.54) is 0 Å². The molecule has 2 N–H and O–H groups in total. The average molecular weight is 350 g/mol. The molecular formula is C18H30N4O3. The number of nitrogens with one attached hydrogen (secondary N) is 2. The molecule has 0 unspecified atom stereocenters. The van der Waals surface area contributed by atoms with Gasteiger partial charge in [-0.05, 0) is 25.5 Å². The van der Waals surface area contributed by atoms with Crippen LogP contribution in [0.2, 0.25) is 0 Å². The van der Waals surface area contributed by atoms with Crippen molar-refractivity contribution in [2.45, 2.75) is 26.8 Å². The SMILES string of the molecule is CCCNC(=O)CN=C(NCC)N(C)Cc1ccc(OC)cc1OC. The molecule has 25 heavy (non-hydrogen) atoms. The third-order valence-corrected chi connectivity index (χ3v) is 3.54. The summed E-state index contributed by atoms with van der Waals surface area (Å²) in [5.41, 5.74) is 1.01. The molecule has 0 saturated carbocycles. The van der Waals surface area contributed by atoms with Crippen LogP contribution in [0.25, 0.3) is 0 Å². The highest BCUT2D eigenvalue weighted by Crippen LogP contribution is 2.25. The van der Waals surface area contributed by atoms with Crippen molar-refractivity contribution in [3.8, 4) is 11.5 Å². The number of methoxy groups -OCH3 is 2. The highest BCUT2D eigenvalue weighted by Gasteiger charge is 2.12. The fourth-order valence-corrected chi connectivity index (χ4v) is 2.25. The minimum absolute atomic E-state index is 0.0762. The van der Waals surface area contributed by atoms with Crippen molar-refractivity contribution >= 4 is 11.9 Å². The van der Waals surface area contributed by atoms with Crippen molar-refractivity contribution in [2.75, 3.05) is 40.9 Å². The molecule has 140 valence electrons. The highest BCUT2D eigenvalue weighted by atomic mass is 16.5. The number of rotatable bonds is 9. The first-order valence-electron chi connectivity index (χ1n) is 8.52. The Labute approximate surface area is 150 Å². The molecular weight excluding hydrogens is 320 g/mol. The van der Waals surface area contributed by atoms with Crippen LogP contribution in [-0.2, 0) is 11.3 Å². The second kappa shape index (κ2) is 11.2. The van der Waals surface area contributed by atoms with Gasteiger partial charge in [0, 0.05) is 38.3 Å². The zero-order valence-electron chi connectivity index (χ0n) is 15.9. The van der Waals surface area contributed by atoms with Crippen LogP contribution >= 0.6 is 0 Å². The molecule has 0 heterocycles. The summed E-state index contributed by atoms with van der Waals surface area (Å²) in [7, 11) is 5.19. The zero-order chi connectivity index (χ0) is 18.7. The zero-order valence-corrected chi connectivity index (χ0v) is 15.9.